The van der Waals surface area contributed by atoms with E-state index in [1.165, 1.54) is 0 Å². The second-order valence-electron chi connectivity index (χ2n) is 3.68. The molecule has 0 fully saturated rings. The fourth-order valence-corrected chi connectivity index (χ4v) is 1.28. The molecule has 92 valence electrons. The molecule has 0 saturated heterocycles. The Morgan fingerprint density at radius 3 is 2.41 bits per heavy atom. The molecule has 0 aliphatic heterocycles. The summed E-state index contributed by atoms with van der Waals surface area (Å²) in [6.45, 7) is 5.50. The number of carbonyl (C=O) groups excluding carboxylic acids is 2. The maximum absolute atomic E-state index is 11.6. The van der Waals surface area contributed by atoms with Crippen LogP contribution in [0.5, 0.6) is 0 Å². The summed E-state index contributed by atoms with van der Waals surface area (Å²) in [7, 11) is 0. The van der Waals surface area contributed by atoms with Gasteiger partial charge in [-0.15, -0.1) is 0 Å². The van der Waals surface area contributed by atoms with E-state index in [0.29, 0.717) is 5.56 Å². The second kappa shape index (κ2) is 6.03. The summed E-state index contributed by atoms with van der Waals surface area (Å²) in [5.41, 5.74) is 2.56. The third-order valence-corrected chi connectivity index (χ3v) is 2.37. The first kappa shape index (κ1) is 13.2. The van der Waals surface area contributed by atoms with E-state index >= 15 is 0 Å². The van der Waals surface area contributed by atoms with Gasteiger partial charge in [0.15, 0.2) is 6.61 Å². The smallest absolute Gasteiger partial charge is 0.344 e. The van der Waals surface area contributed by atoms with Crippen LogP contribution < -0.4 is 0 Å². The maximum Gasteiger partial charge on any atom is 0.344 e. The quantitative estimate of drug-likeness (QED) is 0.750. The van der Waals surface area contributed by atoms with Gasteiger partial charge in [-0.1, -0.05) is 6.07 Å². The molecule has 0 aromatic heterocycles. The molecule has 0 unspecified atom stereocenters. The van der Waals surface area contributed by atoms with Crippen molar-refractivity contribution in [3.8, 4) is 0 Å². The molecule has 17 heavy (non-hydrogen) atoms. The Morgan fingerprint density at radius 2 is 1.82 bits per heavy atom. The van der Waals surface area contributed by atoms with Gasteiger partial charge in [0.2, 0.25) is 0 Å². The number of esters is 2. The number of hydrogen-bond acceptors (Lipinski definition) is 4. The lowest BCUT2D eigenvalue weighted by Gasteiger charge is -2.06. The van der Waals surface area contributed by atoms with Crippen molar-refractivity contribution < 1.29 is 19.1 Å². The molecule has 0 amide bonds. The van der Waals surface area contributed by atoms with E-state index in [0.717, 1.165) is 11.1 Å². The van der Waals surface area contributed by atoms with Gasteiger partial charge in [-0.3, -0.25) is 0 Å². The molecule has 1 aromatic rings. The monoisotopic (exact) mass is 236 g/mol. The van der Waals surface area contributed by atoms with Gasteiger partial charge in [0.05, 0.1) is 12.2 Å². The van der Waals surface area contributed by atoms with Crippen LogP contribution in [0, 0.1) is 13.8 Å². The topological polar surface area (TPSA) is 52.6 Å². The van der Waals surface area contributed by atoms with Crippen LogP contribution in [0.4, 0.5) is 0 Å². The Hall–Kier alpha value is -1.84. The van der Waals surface area contributed by atoms with Crippen LogP contribution in [0.2, 0.25) is 0 Å². The highest BCUT2D eigenvalue weighted by Crippen LogP contribution is 2.10. The highest BCUT2D eigenvalue weighted by atomic mass is 16.6. The number of benzene rings is 1. The molecule has 0 saturated carbocycles. The van der Waals surface area contributed by atoms with Crippen molar-refractivity contribution >= 4 is 11.9 Å². The minimum absolute atomic E-state index is 0.278. The van der Waals surface area contributed by atoms with Crippen molar-refractivity contribution in [2.24, 2.45) is 0 Å². The van der Waals surface area contributed by atoms with Crippen LogP contribution in [-0.2, 0) is 14.3 Å². The van der Waals surface area contributed by atoms with Crippen LogP contribution in [0.1, 0.15) is 28.4 Å². The third-order valence-electron chi connectivity index (χ3n) is 2.37. The fraction of sp³-hybridized carbons (Fsp3) is 0.385. The van der Waals surface area contributed by atoms with E-state index in [-0.39, 0.29) is 13.2 Å². The zero-order valence-electron chi connectivity index (χ0n) is 10.3. The first-order chi connectivity index (χ1) is 8.04. The highest BCUT2D eigenvalue weighted by molar-refractivity contribution is 5.91. The van der Waals surface area contributed by atoms with Gasteiger partial charge in [-0.05, 0) is 44.0 Å². The van der Waals surface area contributed by atoms with Crippen molar-refractivity contribution in [1.29, 1.82) is 0 Å². The van der Waals surface area contributed by atoms with Crippen LogP contribution in [-0.4, -0.2) is 25.2 Å². The number of carbonyl (C=O) groups is 2. The molecule has 0 aliphatic carbocycles. The first-order valence-corrected chi connectivity index (χ1v) is 5.44. The zero-order valence-corrected chi connectivity index (χ0v) is 10.3. The van der Waals surface area contributed by atoms with Crippen LogP contribution in [0.25, 0.3) is 0 Å². The van der Waals surface area contributed by atoms with Crippen molar-refractivity contribution in [3.63, 3.8) is 0 Å². The molecule has 0 aliphatic rings. The Morgan fingerprint density at radius 1 is 1.12 bits per heavy atom. The minimum atomic E-state index is -0.537. The number of ether oxygens (including phenoxy) is 2. The summed E-state index contributed by atoms with van der Waals surface area (Å²) in [6, 6.07) is 5.26. The van der Waals surface area contributed by atoms with E-state index in [9.17, 15) is 9.59 Å². The molecule has 0 spiro atoms. The Kier molecular flexibility index (Phi) is 4.69. The van der Waals surface area contributed by atoms with Gasteiger partial charge in [-0.2, -0.15) is 0 Å². The molecule has 0 radical (unpaired) electrons. The van der Waals surface area contributed by atoms with E-state index < -0.39 is 11.9 Å². The Labute approximate surface area is 101 Å². The molecule has 1 aromatic carbocycles. The van der Waals surface area contributed by atoms with E-state index in [1.54, 1.807) is 19.1 Å². The van der Waals surface area contributed by atoms with Gasteiger partial charge in [0.1, 0.15) is 0 Å². The summed E-state index contributed by atoms with van der Waals surface area (Å²) < 4.78 is 9.48. The molecule has 0 heterocycles. The largest absolute Gasteiger partial charge is 0.463 e. The summed E-state index contributed by atoms with van der Waals surface area (Å²) in [5.74, 6) is -1.05. The summed E-state index contributed by atoms with van der Waals surface area (Å²) in [4.78, 5) is 22.6. The van der Waals surface area contributed by atoms with E-state index in [2.05, 4.69) is 4.74 Å². The van der Waals surface area contributed by atoms with Gasteiger partial charge in [0, 0.05) is 0 Å². The molecule has 4 heteroatoms. The average molecular weight is 236 g/mol. The van der Waals surface area contributed by atoms with Crippen molar-refractivity contribution in [3.05, 3.63) is 34.9 Å². The van der Waals surface area contributed by atoms with Gasteiger partial charge in [-0.25, -0.2) is 9.59 Å². The predicted molar refractivity (Wildman–Crippen MR) is 62.8 cm³/mol. The lowest BCUT2D eigenvalue weighted by Crippen LogP contribution is -2.16. The SMILES string of the molecule is CCOC(=O)COC(=O)c1ccc(C)c(C)c1. The molecule has 4 nitrogen and oxygen atoms in total. The second-order valence-corrected chi connectivity index (χ2v) is 3.68. The molecular formula is C13H16O4. The van der Waals surface area contributed by atoms with Crippen molar-refractivity contribution in [2.45, 2.75) is 20.8 Å². The molecular weight excluding hydrogens is 220 g/mol. The van der Waals surface area contributed by atoms with Crippen LogP contribution in [0.15, 0.2) is 18.2 Å². The first-order valence-electron chi connectivity index (χ1n) is 5.44. The molecule has 0 atom stereocenters. The van der Waals surface area contributed by atoms with E-state index in [4.69, 9.17) is 4.74 Å². The lowest BCUT2D eigenvalue weighted by atomic mass is 10.1. The van der Waals surface area contributed by atoms with Crippen molar-refractivity contribution in [1.82, 2.24) is 0 Å². The molecule has 0 bridgehead atoms. The Bertz CT molecular complexity index is 423. The third kappa shape index (κ3) is 3.90. The highest BCUT2D eigenvalue weighted by Gasteiger charge is 2.11. The minimum Gasteiger partial charge on any atom is -0.463 e. The Balaban J connectivity index is 2.58. The molecule has 0 N–H and O–H groups in total. The summed E-state index contributed by atoms with van der Waals surface area (Å²) in [6.07, 6.45) is 0. The zero-order chi connectivity index (χ0) is 12.8. The van der Waals surface area contributed by atoms with Crippen molar-refractivity contribution in [2.75, 3.05) is 13.2 Å². The van der Waals surface area contributed by atoms with Gasteiger partial charge in [0.25, 0.3) is 0 Å². The van der Waals surface area contributed by atoms with E-state index in [1.807, 2.05) is 19.9 Å². The predicted octanol–water partition coefficient (Wildman–Crippen LogP) is 2.02. The summed E-state index contributed by atoms with van der Waals surface area (Å²) in [5, 5.41) is 0. The number of hydrogen-bond donors (Lipinski definition) is 0. The number of rotatable bonds is 4. The fourth-order valence-electron chi connectivity index (χ4n) is 1.28. The maximum atomic E-state index is 11.6. The number of aryl methyl sites for hydroxylation is 2. The summed E-state index contributed by atoms with van der Waals surface area (Å²) >= 11 is 0. The van der Waals surface area contributed by atoms with Gasteiger partial charge >= 0.3 is 11.9 Å². The normalized spacial score (nSPS) is 9.82. The molecule has 1 rings (SSSR count). The van der Waals surface area contributed by atoms with Gasteiger partial charge < -0.3 is 9.47 Å². The standard InChI is InChI=1S/C13H16O4/c1-4-16-12(14)8-17-13(15)11-6-5-9(2)10(3)7-11/h5-7H,4,8H2,1-3H3. The average Bonchev–Trinajstić information content (AvgIpc) is 2.30. The van der Waals surface area contributed by atoms with Crippen LogP contribution >= 0.6 is 0 Å². The lowest BCUT2D eigenvalue weighted by molar-refractivity contribution is -0.146. The van der Waals surface area contributed by atoms with Crippen LogP contribution in [0.3, 0.4) is 0 Å².